The molecule has 0 spiro atoms. The number of nitrogens with one attached hydrogen (secondary N) is 2. The van der Waals surface area contributed by atoms with E-state index in [2.05, 4.69) is 17.2 Å². The highest BCUT2D eigenvalue weighted by Crippen LogP contribution is 2.27. The topological polar surface area (TPSA) is 98.7 Å². The molecule has 114 valence electrons. The van der Waals surface area contributed by atoms with Crippen LogP contribution in [-0.4, -0.2) is 46.3 Å². The van der Waals surface area contributed by atoms with Gasteiger partial charge in [-0.3, -0.25) is 14.9 Å². The van der Waals surface area contributed by atoms with Crippen molar-refractivity contribution in [2.75, 3.05) is 0 Å². The van der Waals surface area contributed by atoms with E-state index in [1.165, 1.54) is 6.92 Å². The molecule has 20 heavy (non-hydrogen) atoms. The van der Waals surface area contributed by atoms with Crippen LogP contribution < -0.4 is 10.6 Å². The fraction of sp³-hybridized carbons (Fsp3) is 0.714. The second-order valence-electron chi connectivity index (χ2n) is 5.68. The van der Waals surface area contributed by atoms with Crippen LogP contribution in [0.2, 0.25) is 0 Å². The molecule has 0 aromatic heterocycles. The lowest BCUT2D eigenvalue weighted by Gasteiger charge is -2.33. The van der Waals surface area contributed by atoms with Crippen molar-refractivity contribution in [3.63, 3.8) is 0 Å². The minimum atomic E-state index is -0.931. The molecule has 6 nitrogen and oxygen atoms in total. The standard InChI is InChI=1S/C14H24N2O4/c1-5-9-6-10(14(19)20)16-11(9)12(15-8(4)17)13(18)7(2)3/h5,7,9-13,16,18H,1,6H2,2-4H3,(H,15,17)(H,19,20)/t9-,10-,11-,12-,13-/m1/s1. The molecule has 1 amide bonds. The van der Waals surface area contributed by atoms with E-state index < -0.39 is 24.2 Å². The largest absolute Gasteiger partial charge is 0.480 e. The summed E-state index contributed by atoms with van der Waals surface area (Å²) >= 11 is 0. The first-order chi connectivity index (χ1) is 9.27. The van der Waals surface area contributed by atoms with Gasteiger partial charge in [0.1, 0.15) is 6.04 Å². The Morgan fingerprint density at radius 3 is 2.45 bits per heavy atom. The van der Waals surface area contributed by atoms with E-state index in [0.717, 1.165) is 0 Å². The third-order valence-electron chi connectivity index (χ3n) is 3.77. The Balaban J connectivity index is 2.96. The third-order valence-corrected chi connectivity index (χ3v) is 3.77. The van der Waals surface area contributed by atoms with Gasteiger partial charge in [-0.1, -0.05) is 19.9 Å². The Kier molecular flexibility index (Phi) is 5.71. The molecule has 0 radical (unpaired) electrons. The average Bonchev–Trinajstić information content (AvgIpc) is 2.78. The predicted octanol–water partition coefficient (Wildman–Crippen LogP) is 0.125. The molecule has 1 aliphatic rings. The first kappa shape index (κ1) is 16.7. The van der Waals surface area contributed by atoms with Gasteiger partial charge in [0.25, 0.3) is 0 Å². The number of carbonyl (C=O) groups excluding carboxylic acids is 1. The highest BCUT2D eigenvalue weighted by molar-refractivity contribution is 5.75. The van der Waals surface area contributed by atoms with Crippen LogP contribution in [0.4, 0.5) is 0 Å². The summed E-state index contributed by atoms with van der Waals surface area (Å²) in [7, 11) is 0. The summed E-state index contributed by atoms with van der Waals surface area (Å²) in [5.74, 6) is -1.35. The Labute approximate surface area is 119 Å². The van der Waals surface area contributed by atoms with Crippen molar-refractivity contribution in [3.8, 4) is 0 Å². The van der Waals surface area contributed by atoms with Crippen LogP contribution in [0, 0.1) is 11.8 Å². The number of aliphatic hydroxyl groups excluding tert-OH is 1. The quantitative estimate of drug-likeness (QED) is 0.520. The number of aliphatic hydroxyl groups is 1. The van der Waals surface area contributed by atoms with Crippen LogP contribution in [0.5, 0.6) is 0 Å². The van der Waals surface area contributed by atoms with E-state index in [1.54, 1.807) is 6.08 Å². The van der Waals surface area contributed by atoms with E-state index in [9.17, 15) is 14.7 Å². The average molecular weight is 284 g/mol. The van der Waals surface area contributed by atoms with E-state index in [4.69, 9.17) is 5.11 Å². The molecule has 4 N–H and O–H groups in total. The van der Waals surface area contributed by atoms with E-state index in [0.29, 0.717) is 6.42 Å². The van der Waals surface area contributed by atoms with Crippen LogP contribution in [0.3, 0.4) is 0 Å². The van der Waals surface area contributed by atoms with Crippen LogP contribution in [0.15, 0.2) is 12.7 Å². The van der Waals surface area contributed by atoms with Crippen molar-refractivity contribution in [1.29, 1.82) is 0 Å². The zero-order valence-corrected chi connectivity index (χ0v) is 12.2. The van der Waals surface area contributed by atoms with Crippen molar-refractivity contribution in [2.45, 2.75) is 51.4 Å². The summed E-state index contributed by atoms with van der Waals surface area (Å²) in [6.45, 7) is 8.81. The van der Waals surface area contributed by atoms with Crippen molar-refractivity contribution in [1.82, 2.24) is 10.6 Å². The third kappa shape index (κ3) is 3.80. The molecule has 1 saturated heterocycles. The van der Waals surface area contributed by atoms with Gasteiger partial charge in [-0.25, -0.2) is 0 Å². The van der Waals surface area contributed by atoms with Crippen molar-refractivity contribution in [3.05, 3.63) is 12.7 Å². The summed E-state index contributed by atoms with van der Waals surface area (Å²) < 4.78 is 0. The van der Waals surface area contributed by atoms with Crippen LogP contribution in [0.25, 0.3) is 0 Å². The number of hydrogen-bond donors (Lipinski definition) is 4. The van der Waals surface area contributed by atoms with Gasteiger partial charge in [0.05, 0.1) is 12.1 Å². The number of hydrogen-bond acceptors (Lipinski definition) is 4. The summed E-state index contributed by atoms with van der Waals surface area (Å²) in [5, 5.41) is 25.1. The first-order valence-electron chi connectivity index (χ1n) is 6.84. The number of carboxylic acid groups (broad SMARTS) is 1. The van der Waals surface area contributed by atoms with Gasteiger partial charge in [0.15, 0.2) is 0 Å². The van der Waals surface area contributed by atoms with Gasteiger partial charge >= 0.3 is 5.97 Å². The Hall–Kier alpha value is -1.40. The molecular weight excluding hydrogens is 260 g/mol. The number of amides is 1. The Morgan fingerprint density at radius 1 is 1.45 bits per heavy atom. The number of carbonyl (C=O) groups is 2. The fourth-order valence-corrected chi connectivity index (χ4v) is 2.66. The molecule has 0 bridgehead atoms. The molecule has 0 aliphatic carbocycles. The molecule has 0 unspecified atom stereocenters. The maximum absolute atomic E-state index is 11.4. The molecule has 5 atom stereocenters. The van der Waals surface area contributed by atoms with Crippen LogP contribution in [0.1, 0.15) is 27.2 Å². The SMILES string of the molecule is C=C[C@@H]1C[C@H](C(=O)O)N[C@H]1[C@@H](NC(C)=O)[C@H](O)C(C)C. The second-order valence-corrected chi connectivity index (χ2v) is 5.68. The zero-order chi connectivity index (χ0) is 15.4. The predicted molar refractivity (Wildman–Crippen MR) is 75.1 cm³/mol. The maximum atomic E-state index is 11.4. The lowest BCUT2D eigenvalue weighted by atomic mass is 9.87. The van der Waals surface area contributed by atoms with Crippen molar-refractivity contribution in [2.24, 2.45) is 11.8 Å². The van der Waals surface area contributed by atoms with Gasteiger partial charge < -0.3 is 15.5 Å². The zero-order valence-electron chi connectivity index (χ0n) is 12.2. The van der Waals surface area contributed by atoms with Crippen molar-refractivity contribution < 1.29 is 19.8 Å². The summed E-state index contributed by atoms with van der Waals surface area (Å²) in [6, 6.07) is -1.56. The lowest BCUT2D eigenvalue weighted by molar-refractivity contribution is -0.139. The second kappa shape index (κ2) is 6.85. The van der Waals surface area contributed by atoms with Crippen LogP contribution >= 0.6 is 0 Å². The molecule has 0 aromatic carbocycles. The highest BCUT2D eigenvalue weighted by atomic mass is 16.4. The van der Waals surface area contributed by atoms with Crippen molar-refractivity contribution >= 4 is 11.9 Å². The van der Waals surface area contributed by atoms with Gasteiger partial charge in [0, 0.05) is 13.0 Å². The van der Waals surface area contributed by atoms with E-state index in [1.807, 2.05) is 13.8 Å². The normalized spacial score (nSPS) is 28.9. The van der Waals surface area contributed by atoms with Crippen LogP contribution in [-0.2, 0) is 9.59 Å². The first-order valence-corrected chi connectivity index (χ1v) is 6.84. The van der Waals surface area contributed by atoms with Gasteiger partial charge in [-0.2, -0.15) is 0 Å². The molecule has 1 heterocycles. The molecule has 6 heteroatoms. The summed E-state index contributed by atoms with van der Waals surface area (Å²) in [6.07, 6.45) is 1.33. The number of aliphatic carboxylic acids is 1. The molecule has 1 aliphatic heterocycles. The maximum Gasteiger partial charge on any atom is 0.320 e. The smallest absolute Gasteiger partial charge is 0.320 e. The Bertz CT molecular complexity index is 383. The number of rotatable bonds is 6. The highest BCUT2D eigenvalue weighted by Gasteiger charge is 2.43. The van der Waals surface area contributed by atoms with Gasteiger partial charge in [-0.05, 0) is 18.3 Å². The molecule has 1 fully saturated rings. The minimum absolute atomic E-state index is 0.0528. The molecule has 1 rings (SSSR count). The van der Waals surface area contributed by atoms with E-state index in [-0.39, 0.29) is 23.8 Å². The Morgan fingerprint density at radius 2 is 2.05 bits per heavy atom. The summed E-state index contributed by atoms with van der Waals surface area (Å²) in [4.78, 5) is 22.5. The fourth-order valence-electron chi connectivity index (χ4n) is 2.66. The molecule has 0 aromatic rings. The number of carboxylic acids is 1. The van der Waals surface area contributed by atoms with E-state index >= 15 is 0 Å². The summed E-state index contributed by atoms with van der Waals surface area (Å²) in [5.41, 5.74) is 0. The molecule has 0 saturated carbocycles. The minimum Gasteiger partial charge on any atom is -0.480 e. The van der Waals surface area contributed by atoms with Gasteiger partial charge in [0.2, 0.25) is 5.91 Å². The van der Waals surface area contributed by atoms with Gasteiger partial charge in [-0.15, -0.1) is 6.58 Å². The lowest BCUT2D eigenvalue weighted by Crippen LogP contribution is -2.57. The molecular formula is C14H24N2O4. The monoisotopic (exact) mass is 284 g/mol.